The maximum Gasteiger partial charge on any atom is 0.261 e. The second-order valence-corrected chi connectivity index (χ2v) is 8.79. The fourth-order valence-electron chi connectivity index (χ4n) is 3.41. The molecule has 32 heavy (non-hydrogen) atoms. The topological polar surface area (TPSA) is 58.6 Å². The van der Waals surface area contributed by atoms with Crippen molar-refractivity contribution in [1.29, 1.82) is 0 Å². The van der Waals surface area contributed by atoms with Crippen molar-refractivity contribution in [3.63, 3.8) is 0 Å². The Hall–Kier alpha value is -3.41. The lowest BCUT2D eigenvalue weighted by Crippen LogP contribution is -2.53. The number of nitrogens with one attached hydrogen (secondary N) is 1. The predicted molar refractivity (Wildman–Crippen MR) is 124 cm³/mol. The first-order valence-corrected chi connectivity index (χ1v) is 10.6. The van der Waals surface area contributed by atoms with Crippen LogP contribution in [0.4, 0.5) is 4.39 Å². The van der Waals surface area contributed by atoms with Crippen LogP contribution in [0.3, 0.4) is 0 Å². The maximum absolute atomic E-state index is 14.3. The van der Waals surface area contributed by atoms with Gasteiger partial charge in [0.15, 0.2) is 6.61 Å². The predicted octanol–water partition coefficient (Wildman–Crippen LogP) is 4.69. The molecule has 1 N–H and O–H groups in total. The average molecular weight is 437 g/mol. The van der Waals surface area contributed by atoms with Crippen LogP contribution in [0, 0.1) is 5.82 Å². The summed E-state index contributed by atoms with van der Waals surface area (Å²) in [5.74, 6) is -0.567. The third kappa shape index (κ3) is 5.84. The number of hydrogen-bond acceptors (Lipinski definition) is 3. The average Bonchev–Trinajstić information content (AvgIpc) is 2.75. The van der Waals surface area contributed by atoms with Gasteiger partial charge in [-0.2, -0.15) is 0 Å². The molecule has 6 heteroatoms. The smallest absolute Gasteiger partial charge is 0.261 e. The first kappa shape index (κ1) is 23.3. The van der Waals surface area contributed by atoms with Gasteiger partial charge in [-0.25, -0.2) is 4.39 Å². The molecule has 0 aliphatic heterocycles. The molecule has 0 saturated carbocycles. The Bertz CT molecular complexity index is 1100. The molecule has 2 amide bonds. The molecule has 3 aromatic carbocycles. The molecule has 0 heterocycles. The molecule has 3 aromatic rings. The minimum atomic E-state index is -0.808. The fourth-order valence-corrected chi connectivity index (χ4v) is 3.41. The van der Waals surface area contributed by atoms with Gasteiger partial charge in [0.05, 0.1) is 0 Å². The van der Waals surface area contributed by atoms with E-state index in [4.69, 9.17) is 4.74 Å². The Morgan fingerprint density at radius 3 is 2.38 bits per heavy atom. The number of carbonyl (C=O) groups is 2. The van der Waals surface area contributed by atoms with E-state index in [2.05, 4.69) is 5.32 Å². The Balaban J connectivity index is 1.82. The van der Waals surface area contributed by atoms with E-state index in [9.17, 15) is 14.0 Å². The number of halogens is 1. The molecule has 1 atom stereocenters. The number of ether oxygens (including phenoxy) is 1. The first-order valence-electron chi connectivity index (χ1n) is 10.6. The lowest BCUT2D eigenvalue weighted by atomic mass is 10.1. The first-order chi connectivity index (χ1) is 15.2. The summed E-state index contributed by atoms with van der Waals surface area (Å²) in [4.78, 5) is 27.3. The number of benzene rings is 3. The molecule has 0 aliphatic rings. The molecule has 0 bridgehead atoms. The summed E-state index contributed by atoms with van der Waals surface area (Å²) in [6.45, 7) is 6.93. The minimum absolute atomic E-state index is 0.0386. The van der Waals surface area contributed by atoms with Gasteiger partial charge in [-0.3, -0.25) is 9.59 Å². The standard InChI is InChI=1S/C26H29FN2O3/c1-18(25(31)28-26(2,3)4)29(16-20-11-6-8-14-22(20)27)24(30)17-32-23-15-9-12-19-10-5-7-13-21(19)23/h5-15,18H,16-17H2,1-4H3,(H,28,31)/t18-/m0/s1. The van der Waals surface area contributed by atoms with E-state index >= 15 is 0 Å². The highest BCUT2D eigenvalue weighted by molar-refractivity contribution is 5.90. The third-order valence-electron chi connectivity index (χ3n) is 5.06. The summed E-state index contributed by atoms with van der Waals surface area (Å²) >= 11 is 0. The highest BCUT2D eigenvalue weighted by Crippen LogP contribution is 2.25. The molecular formula is C26H29FN2O3. The van der Waals surface area contributed by atoms with Gasteiger partial charge in [-0.15, -0.1) is 0 Å². The molecular weight excluding hydrogens is 407 g/mol. The largest absolute Gasteiger partial charge is 0.483 e. The molecule has 0 aliphatic carbocycles. The van der Waals surface area contributed by atoms with Crippen molar-refractivity contribution in [3.05, 3.63) is 78.1 Å². The normalized spacial score (nSPS) is 12.3. The zero-order chi connectivity index (χ0) is 23.3. The molecule has 0 fully saturated rings. The van der Waals surface area contributed by atoms with Crippen LogP contribution < -0.4 is 10.1 Å². The van der Waals surface area contributed by atoms with Crippen LogP contribution in [0.2, 0.25) is 0 Å². The van der Waals surface area contributed by atoms with E-state index in [0.717, 1.165) is 10.8 Å². The SMILES string of the molecule is C[C@@H](C(=O)NC(C)(C)C)N(Cc1ccccc1F)C(=O)COc1cccc2ccccc12. The van der Waals surface area contributed by atoms with Crippen molar-refractivity contribution >= 4 is 22.6 Å². The lowest BCUT2D eigenvalue weighted by Gasteiger charge is -2.31. The quantitative estimate of drug-likeness (QED) is 0.585. The van der Waals surface area contributed by atoms with Crippen molar-refractivity contribution in [2.24, 2.45) is 0 Å². The molecule has 0 spiro atoms. The summed E-state index contributed by atoms with van der Waals surface area (Å²) in [7, 11) is 0. The highest BCUT2D eigenvalue weighted by Gasteiger charge is 2.29. The van der Waals surface area contributed by atoms with Crippen LogP contribution in [0.5, 0.6) is 5.75 Å². The zero-order valence-corrected chi connectivity index (χ0v) is 18.9. The van der Waals surface area contributed by atoms with Crippen LogP contribution >= 0.6 is 0 Å². The van der Waals surface area contributed by atoms with Crippen LogP contribution in [0.15, 0.2) is 66.7 Å². The van der Waals surface area contributed by atoms with E-state index in [-0.39, 0.29) is 19.1 Å². The molecule has 5 nitrogen and oxygen atoms in total. The number of fused-ring (bicyclic) bond motifs is 1. The van der Waals surface area contributed by atoms with E-state index in [1.165, 1.54) is 11.0 Å². The monoisotopic (exact) mass is 436 g/mol. The van der Waals surface area contributed by atoms with Crippen LogP contribution in [-0.4, -0.2) is 34.9 Å². The van der Waals surface area contributed by atoms with Crippen molar-refractivity contribution in [3.8, 4) is 5.75 Å². The van der Waals surface area contributed by atoms with Crippen molar-refractivity contribution in [2.75, 3.05) is 6.61 Å². The van der Waals surface area contributed by atoms with E-state index in [1.807, 2.05) is 57.2 Å². The van der Waals surface area contributed by atoms with Gasteiger partial charge in [0.2, 0.25) is 5.91 Å². The number of carbonyl (C=O) groups excluding carboxylic acids is 2. The van der Waals surface area contributed by atoms with Gasteiger partial charge < -0.3 is 15.0 Å². The van der Waals surface area contributed by atoms with Crippen LogP contribution in [0.25, 0.3) is 10.8 Å². The second-order valence-electron chi connectivity index (χ2n) is 8.79. The number of nitrogens with zero attached hydrogens (tertiary/aromatic N) is 1. The lowest BCUT2D eigenvalue weighted by molar-refractivity contribution is -0.142. The van der Waals surface area contributed by atoms with Gasteiger partial charge in [0.1, 0.15) is 17.6 Å². The summed E-state index contributed by atoms with van der Waals surface area (Å²) in [6, 6.07) is 18.8. The molecule has 3 rings (SSSR count). The van der Waals surface area contributed by atoms with E-state index in [1.54, 1.807) is 31.2 Å². The number of amides is 2. The Morgan fingerprint density at radius 1 is 1.00 bits per heavy atom. The fraction of sp³-hybridized carbons (Fsp3) is 0.308. The van der Waals surface area contributed by atoms with Crippen molar-refractivity contribution in [2.45, 2.75) is 45.8 Å². The Morgan fingerprint density at radius 2 is 1.66 bits per heavy atom. The number of hydrogen-bond donors (Lipinski definition) is 1. The second kappa shape index (κ2) is 9.81. The zero-order valence-electron chi connectivity index (χ0n) is 18.9. The molecule has 0 radical (unpaired) electrons. The highest BCUT2D eigenvalue weighted by atomic mass is 19.1. The Kier molecular flexibility index (Phi) is 7.13. The molecule has 0 unspecified atom stereocenters. The summed E-state index contributed by atoms with van der Waals surface area (Å²) in [5, 5.41) is 4.77. The van der Waals surface area contributed by atoms with Crippen molar-refractivity contribution < 1.29 is 18.7 Å². The Labute approximate surface area is 188 Å². The molecule has 0 aromatic heterocycles. The molecule has 168 valence electrons. The van der Waals surface area contributed by atoms with Crippen molar-refractivity contribution in [1.82, 2.24) is 10.2 Å². The molecule has 0 saturated heterocycles. The van der Waals surface area contributed by atoms with Gasteiger partial charge >= 0.3 is 0 Å². The van der Waals surface area contributed by atoms with Gasteiger partial charge in [0, 0.05) is 23.0 Å². The van der Waals surface area contributed by atoms with Gasteiger partial charge in [0.25, 0.3) is 5.91 Å². The van der Waals surface area contributed by atoms with Gasteiger partial charge in [-0.1, -0.05) is 54.6 Å². The summed E-state index contributed by atoms with van der Waals surface area (Å²) in [6.07, 6.45) is 0. The van der Waals surface area contributed by atoms with Crippen LogP contribution in [0.1, 0.15) is 33.3 Å². The summed E-state index contributed by atoms with van der Waals surface area (Å²) < 4.78 is 20.1. The minimum Gasteiger partial charge on any atom is -0.483 e. The number of rotatable bonds is 7. The van der Waals surface area contributed by atoms with E-state index in [0.29, 0.717) is 11.3 Å². The van der Waals surface area contributed by atoms with Gasteiger partial charge in [-0.05, 0) is 45.2 Å². The van der Waals surface area contributed by atoms with Crippen LogP contribution in [-0.2, 0) is 16.1 Å². The maximum atomic E-state index is 14.3. The van der Waals surface area contributed by atoms with E-state index < -0.39 is 23.3 Å². The summed E-state index contributed by atoms with van der Waals surface area (Å²) in [5.41, 5.74) is -0.126. The third-order valence-corrected chi connectivity index (χ3v) is 5.06.